The summed E-state index contributed by atoms with van der Waals surface area (Å²) in [6.45, 7) is 25.5. The Balaban J connectivity index is 1.38. The molecular formula is C55H37F3N4. The van der Waals surface area contributed by atoms with Crippen LogP contribution in [0.5, 0.6) is 0 Å². The zero-order valence-corrected chi connectivity index (χ0v) is 34.4. The lowest BCUT2D eigenvalue weighted by Gasteiger charge is -2.23. The highest BCUT2D eigenvalue weighted by atomic mass is 19.4. The molecule has 0 aliphatic carbocycles. The summed E-state index contributed by atoms with van der Waals surface area (Å²) in [6.07, 6.45) is -4.79. The number of fused-ring (bicyclic) bond motifs is 6. The normalized spacial score (nSPS) is 11.8. The summed E-state index contributed by atoms with van der Waals surface area (Å²) in [5.74, 6) is 0. The van der Waals surface area contributed by atoms with E-state index in [1.54, 1.807) is 12.1 Å². The number of alkyl halides is 3. The van der Waals surface area contributed by atoms with Crippen molar-refractivity contribution in [1.29, 1.82) is 0 Å². The Hall–Kier alpha value is -7.87. The Morgan fingerprint density at radius 3 is 1.47 bits per heavy atom. The molecule has 0 spiro atoms. The fourth-order valence-electron chi connectivity index (χ4n) is 9.52. The first kappa shape index (κ1) is 38.3. The average molecular weight is 811 g/mol. The van der Waals surface area contributed by atoms with Crippen LogP contribution in [0.4, 0.5) is 24.5 Å². The summed E-state index contributed by atoms with van der Waals surface area (Å²) in [5, 5.41) is 3.71. The van der Waals surface area contributed by atoms with Gasteiger partial charge in [0.15, 0.2) is 5.69 Å². The van der Waals surface area contributed by atoms with Crippen LogP contribution in [0.15, 0.2) is 152 Å². The Labute approximate surface area is 357 Å². The van der Waals surface area contributed by atoms with Crippen LogP contribution in [0, 0.1) is 40.8 Å². The first-order valence-corrected chi connectivity index (χ1v) is 20.3. The molecule has 0 fully saturated rings. The minimum absolute atomic E-state index is 0.134. The zero-order valence-electron chi connectivity index (χ0n) is 34.4. The fraction of sp³-hybridized carbons (Fsp3) is 0.0909. The topological polar surface area (TPSA) is 18.6 Å². The van der Waals surface area contributed by atoms with Gasteiger partial charge in [-0.2, -0.15) is 13.2 Å². The molecule has 7 heteroatoms. The molecule has 0 unspecified atom stereocenters. The molecule has 0 saturated carbocycles. The summed E-state index contributed by atoms with van der Waals surface area (Å²) in [6, 6.07) is 48.3. The van der Waals surface area contributed by atoms with E-state index in [0.29, 0.717) is 5.69 Å². The molecule has 298 valence electrons. The van der Waals surface area contributed by atoms with Crippen LogP contribution in [0.1, 0.15) is 27.8 Å². The van der Waals surface area contributed by atoms with E-state index in [0.717, 1.165) is 94.2 Å². The predicted molar refractivity (Wildman–Crippen MR) is 248 cm³/mol. The second kappa shape index (κ2) is 14.4. The molecule has 0 N–H and O–H groups in total. The summed E-state index contributed by atoms with van der Waals surface area (Å²) in [7, 11) is 0. The van der Waals surface area contributed by atoms with E-state index in [4.69, 9.17) is 13.1 Å². The number of nitrogens with zero attached hydrogens (tertiary/aromatic N) is 4. The summed E-state index contributed by atoms with van der Waals surface area (Å²) in [5.41, 5.74) is 11.3. The van der Waals surface area contributed by atoms with E-state index in [2.05, 4.69) is 121 Å². The van der Waals surface area contributed by atoms with E-state index in [9.17, 15) is 0 Å². The van der Waals surface area contributed by atoms with Crippen molar-refractivity contribution >= 4 is 55.0 Å². The number of hydrogen-bond donors (Lipinski definition) is 0. The molecule has 10 rings (SSSR count). The second-order valence-electron chi connectivity index (χ2n) is 16.2. The van der Waals surface area contributed by atoms with Gasteiger partial charge in [0.05, 0.1) is 52.1 Å². The van der Waals surface area contributed by atoms with Crippen molar-refractivity contribution in [3.8, 4) is 44.8 Å². The van der Waals surface area contributed by atoms with Gasteiger partial charge in [-0.25, -0.2) is 9.69 Å². The van der Waals surface area contributed by atoms with Crippen LogP contribution in [-0.4, -0.2) is 9.13 Å². The Bertz CT molecular complexity index is 3550. The number of halogens is 3. The number of benzene rings is 8. The molecule has 10 aromatic rings. The molecule has 4 nitrogen and oxygen atoms in total. The molecule has 0 amide bonds. The van der Waals surface area contributed by atoms with Gasteiger partial charge in [-0.05, 0) is 85.8 Å². The van der Waals surface area contributed by atoms with Crippen molar-refractivity contribution < 1.29 is 13.2 Å². The second-order valence-corrected chi connectivity index (χ2v) is 16.2. The summed E-state index contributed by atoms with van der Waals surface area (Å²) >= 11 is 0. The first-order chi connectivity index (χ1) is 29.9. The largest absolute Gasteiger partial charge is 0.415 e. The SMILES string of the molecule is [C-]#[N+]c1cccc(C(F)(F)F)c1-c1ccc(-n2c3ccccc3c3ccc(-c4cc(C)cc(C)c4)cc32)c([N+]#[C-])c1-n1c2ccccc2c2ccc(-c3cc(C)cc(C)c3)cc21. The average Bonchev–Trinajstić information content (AvgIpc) is 3.76. The molecule has 0 aliphatic rings. The lowest BCUT2D eigenvalue weighted by atomic mass is 9.94. The van der Waals surface area contributed by atoms with Crippen LogP contribution in [0.3, 0.4) is 0 Å². The Morgan fingerprint density at radius 1 is 0.452 bits per heavy atom. The van der Waals surface area contributed by atoms with Crippen molar-refractivity contribution in [2.45, 2.75) is 33.9 Å². The van der Waals surface area contributed by atoms with Crippen molar-refractivity contribution in [1.82, 2.24) is 9.13 Å². The lowest BCUT2D eigenvalue weighted by molar-refractivity contribution is -0.137. The third-order valence-corrected chi connectivity index (χ3v) is 11.9. The molecule has 0 atom stereocenters. The van der Waals surface area contributed by atoms with Gasteiger partial charge in [-0.15, -0.1) is 0 Å². The van der Waals surface area contributed by atoms with Gasteiger partial charge in [-0.1, -0.05) is 144 Å². The number of rotatable bonds is 5. The molecule has 8 aromatic carbocycles. The standard InChI is InChI=1S/C55H37F3N4/c1-32-24-33(2)27-38(26-32)36-18-20-42-40-12-7-9-16-47(40)61(50(42)30-36)49-23-22-44(52-45(55(56,57)58)14-11-15-46(52)59-5)54(53(49)60-6)62-48-17-10-8-13-41(48)43-21-19-37(31-51(43)62)39-28-34(3)25-35(4)29-39/h7-31H,1-4H3. The highest BCUT2D eigenvalue weighted by molar-refractivity contribution is 6.14. The third kappa shape index (κ3) is 6.13. The monoisotopic (exact) mass is 810 g/mol. The van der Waals surface area contributed by atoms with Crippen molar-refractivity contribution in [3.63, 3.8) is 0 Å². The molecule has 0 saturated heterocycles. The zero-order chi connectivity index (χ0) is 43.0. The van der Waals surface area contributed by atoms with E-state index in [1.165, 1.54) is 12.1 Å². The highest BCUT2D eigenvalue weighted by Crippen LogP contribution is 2.51. The molecule has 2 aromatic heterocycles. The van der Waals surface area contributed by atoms with Crippen molar-refractivity contribution in [2.24, 2.45) is 0 Å². The number of aromatic nitrogens is 2. The van der Waals surface area contributed by atoms with E-state index < -0.39 is 11.7 Å². The van der Waals surface area contributed by atoms with Crippen LogP contribution >= 0.6 is 0 Å². The molecule has 0 radical (unpaired) electrons. The van der Waals surface area contributed by atoms with Gasteiger partial charge >= 0.3 is 6.18 Å². The van der Waals surface area contributed by atoms with Gasteiger partial charge in [-0.3, -0.25) is 0 Å². The van der Waals surface area contributed by atoms with Gasteiger partial charge in [0.2, 0.25) is 5.69 Å². The summed E-state index contributed by atoms with van der Waals surface area (Å²) in [4.78, 5) is 7.96. The molecule has 0 aliphatic heterocycles. The maximum absolute atomic E-state index is 15.2. The summed E-state index contributed by atoms with van der Waals surface area (Å²) < 4.78 is 49.7. The van der Waals surface area contributed by atoms with Crippen molar-refractivity contribution in [3.05, 3.63) is 202 Å². The number of hydrogen-bond acceptors (Lipinski definition) is 0. The molecule has 62 heavy (non-hydrogen) atoms. The minimum Gasteiger partial charge on any atom is -0.319 e. The van der Waals surface area contributed by atoms with E-state index in [1.807, 2.05) is 47.0 Å². The smallest absolute Gasteiger partial charge is 0.319 e. The maximum Gasteiger partial charge on any atom is 0.415 e. The lowest BCUT2D eigenvalue weighted by Crippen LogP contribution is -2.09. The third-order valence-electron chi connectivity index (χ3n) is 11.9. The van der Waals surface area contributed by atoms with E-state index in [-0.39, 0.29) is 28.2 Å². The minimum atomic E-state index is -4.79. The van der Waals surface area contributed by atoms with Gasteiger partial charge in [0, 0.05) is 27.1 Å². The highest BCUT2D eigenvalue weighted by Gasteiger charge is 2.36. The Kier molecular flexibility index (Phi) is 8.91. The number of aryl methyl sites for hydroxylation is 4. The number of para-hydroxylation sites is 2. The molecular weight excluding hydrogens is 774 g/mol. The van der Waals surface area contributed by atoms with Crippen LogP contribution in [0.25, 0.3) is 98.1 Å². The fourth-order valence-corrected chi connectivity index (χ4v) is 9.52. The van der Waals surface area contributed by atoms with E-state index >= 15 is 13.2 Å². The maximum atomic E-state index is 15.2. The van der Waals surface area contributed by atoms with Crippen molar-refractivity contribution in [2.75, 3.05) is 0 Å². The Morgan fingerprint density at radius 2 is 0.952 bits per heavy atom. The van der Waals surface area contributed by atoms with Gasteiger partial charge < -0.3 is 9.13 Å². The molecule has 0 bridgehead atoms. The molecule has 2 heterocycles. The van der Waals surface area contributed by atoms with Gasteiger partial charge in [0.25, 0.3) is 0 Å². The quantitative estimate of drug-likeness (QED) is 0.154. The first-order valence-electron chi connectivity index (χ1n) is 20.3. The van der Waals surface area contributed by atoms with Crippen LogP contribution < -0.4 is 0 Å². The predicted octanol–water partition coefficient (Wildman–Crippen LogP) is 16.2. The van der Waals surface area contributed by atoms with Crippen LogP contribution in [0.2, 0.25) is 0 Å². The van der Waals surface area contributed by atoms with Gasteiger partial charge in [0.1, 0.15) is 0 Å². The van der Waals surface area contributed by atoms with Crippen LogP contribution in [-0.2, 0) is 6.18 Å².